The van der Waals surface area contributed by atoms with Crippen LogP contribution in [-0.4, -0.2) is 28.1 Å². The third kappa shape index (κ3) is 5.05. The molecule has 37 heavy (non-hydrogen) atoms. The number of anilines is 3. The summed E-state index contributed by atoms with van der Waals surface area (Å²) in [5.74, 6) is 1.22. The number of rotatable bonds is 9. The number of allylic oxidation sites excluding steroid dienone is 2. The molecular formula is C30H35N3O3S. The van der Waals surface area contributed by atoms with Crippen LogP contribution in [0.25, 0.3) is 0 Å². The number of ether oxygens (including phenoxy) is 1. The Balaban J connectivity index is 1.39. The van der Waals surface area contributed by atoms with E-state index in [2.05, 4.69) is 65.2 Å². The maximum Gasteiger partial charge on any atom is 0.261 e. The zero-order valence-electron chi connectivity index (χ0n) is 21.6. The lowest BCUT2D eigenvalue weighted by molar-refractivity contribution is 0.340. The summed E-state index contributed by atoms with van der Waals surface area (Å²) in [7, 11) is -3.73. The summed E-state index contributed by atoms with van der Waals surface area (Å²) < 4.78 is 34.6. The van der Waals surface area contributed by atoms with Crippen molar-refractivity contribution in [3.63, 3.8) is 0 Å². The highest BCUT2D eigenvalue weighted by molar-refractivity contribution is 7.92. The van der Waals surface area contributed by atoms with Crippen LogP contribution in [0.3, 0.4) is 0 Å². The number of nitrogens with zero attached hydrogens (tertiary/aromatic N) is 1. The Morgan fingerprint density at radius 2 is 1.70 bits per heavy atom. The van der Waals surface area contributed by atoms with Gasteiger partial charge in [0.25, 0.3) is 10.0 Å². The maximum atomic E-state index is 13.2. The fourth-order valence-electron chi connectivity index (χ4n) is 5.55. The Kier molecular flexibility index (Phi) is 7.15. The molecule has 3 unspecified atom stereocenters. The van der Waals surface area contributed by atoms with E-state index in [1.54, 1.807) is 30.3 Å². The summed E-state index contributed by atoms with van der Waals surface area (Å²) in [5, 5.41) is 3.73. The third-order valence-electron chi connectivity index (χ3n) is 7.44. The first-order chi connectivity index (χ1) is 17.9. The minimum absolute atomic E-state index is 0.169. The molecule has 194 valence electrons. The van der Waals surface area contributed by atoms with Crippen LogP contribution in [0, 0.1) is 5.92 Å². The van der Waals surface area contributed by atoms with Crippen LogP contribution in [0.2, 0.25) is 0 Å². The standard InChI is InChI=1S/C30H35N3O3S/c1-4-33(5-2)23-14-10-21(11-15-23)30-27-9-7-8-26(27)28-20-25(18-19-29(28)31-30)37(34,35)32-22-12-16-24(17-13-22)36-6-3/h7-8,10-20,26-27,30-32H,4-6,9H2,1-3H3. The lowest BCUT2D eigenvalue weighted by Gasteiger charge is -2.38. The second-order valence-electron chi connectivity index (χ2n) is 9.55. The molecule has 1 aliphatic carbocycles. The minimum Gasteiger partial charge on any atom is -0.494 e. The summed E-state index contributed by atoms with van der Waals surface area (Å²) >= 11 is 0. The number of hydrogen-bond donors (Lipinski definition) is 2. The lowest BCUT2D eigenvalue weighted by Crippen LogP contribution is -2.29. The van der Waals surface area contributed by atoms with Crippen LogP contribution in [-0.2, 0) is 10.0 Å². The molecule has 0 fully saturated rings. The molecule has 0 bridgehead atoms. The topological polar surface area (TPSA) is 70.7 Å². The lowest BCUT2D eigenvalue weighted by atomic mass is 9.77. The van der Waals surface area contributed by atoms with Crippen LogP contribution in [0.5, 0.6) is 5.75 Å². The van der Waals surface area contributed by atoms with E-state index >= 15 is 0 Å². The highest BCUT2D eigenvalue weighted by atomic mass is 32.2. The van der Waals surface area contributed by atoms with E-state index in [1.165, 1.54) is 11.3 Å². The monoisotopic (exact) mass is 517 g/mol. The summed E-state index contributed by atoms with van der Waals surface area (Å²) in [4.78, 5) is 2.61. The average molecular weight is 518 g/mol. The quantitative estimate of drug-likeness (QED) is 0.315. The van der Waals surface area contributed by atoms with Gasteiger partial charge in [-0.2, -0.15) is 0 Å². The number of fused-ring (bicyclic) bond motifs is 3. The highest BCUT2D eigenvalue weighted by Crippen LogP contribution is 2.50. The molecule has 2 N–H and O–H groups in total. The second-order valence-corrected chi connectivity index (χ2v) is 11.2. The van der Waals surface area contributed by atoms with Gasteiger partial charge in [-0.3, -0.25) is 4.72 Å². The van der Waals surface area contributed by atoms with Crippen molar-refractivity contribution in [2.75, 3.05) is 34.6 Å². The van der Waals surface area contributed by atoms with Crippen molar-refractivity contribution >= 4 is 27.1 Å². The van der Waals surface area contributed by atoms with Crippen molar-refractivity contribution in [1.29, 1.82) is 0 Å². The van der Waals surface area contributed by atoms with E-state index < -0.39 is 10.0 Å². The number of benzene rings is 3. The number of hydrogen-bond acceptors (Lipinski definition) is 5. The smallest absolute Gasteiger partial charge is 0.261 e. The van der Waals surface area contributed by atoms with E-state index in [4.69, 9.17) is 4.74 Å². The minimum atomic E-state index is -3.73. The van der Waals surface area contributed by atoms with Crippen LogP contribution >= 0.6 is 0 Å². The summed E-state index contributed by atoms with van der Waals surface area (Å²) in [5.41, 5.74) is 5.02. The molecule has 0 saturated carbocycles. The van der Waals surface area contributed by atoms with Gasteiger partial charge in [-0.15, -0.1) is 0 Å². The predicted molar refractivity (Wildman–Crippen MR) is 151 cm³/mol. The van der Waals surface area contributed by atoms with Crippen LogP contribution in [0.15, 0.2) is 83.8 Å². The summed E-state index contributed by atoms with van der Waals surface area (Å²) in [6, 6.07) is 21.4. The molecule has 3 aromatic carbocycles. The summed E-state index contributed by atoms with van der Waals surface area (Å²) in [6.45, 7) is 8.79. The fraction of sp³-hybridized carbons (Fsp3) is 0.333. The molecule has 0 saturated heterocycles. The highest BCUT2D eigenvalue weighted by Gasteiger charge is 2.38. The molecule has 6 nitrogen and oxygen atoms in total. The maximum absolute atomic E-state index is 13.2. The normalized spacial score (nSPS) is 20.0. The van der Waals surface area contributed by atoms with Crippen molar-refractivity contribution in [1.82, 2.24) is 0 Å². The van der Waals surface area contributed by atoms with Crippen LogP contribution < -0.4 is 19.7 Å². The SMILES string of the molecule is CCOc1ccc(NS(=O)(=O)c2ccc3c(c2)C2C=CCC2C(c2ccc(N(CC)CC)cc2)N3)cc1. The number of sulfonamides is 1. The molecule has 3 aromatic rings. The van der Waals surface area contributed by atoms with Crippen LogP contribution in [0.1, 0.15) is 50.3 Å². The van der Waals surface area contributed by atoms with Gasteiger partial charge in [0, 0.05) is 36.1 Å². The Morgan fingerprint density at radius 3 is 2.38 bits per heavy atom. The van der Waals surface area contributed by atoms with E-state index in [0.717, 1.165) is 30.8 Å². The predicted octanol–water partition coefficient (Wildman–Crippen LogP) is 6.56. The molecule has 7 heteroatoms. The molecule has 1 aliphatic heterocycles. The van der Waals surface area contributed by atoms with Crippen LogP contribution in [0.4, 0.5) is 17.1 Å². The molecule has 0 aromatic heterocycles. The third-order valence-corrected chi connectivity index (χ3v) is 8.82. The molecule has 2 aliphatic rings. The van der Waals surface area contributed by atoms with E-state index in [-0.39, 0.29) is 16.9 Å². The van der Waals surface area contributed by atoms with Gasteiger partial charge >= 0.3 is 0 Å². The molecule has 0 amide bonds. The van der Waals surface area contributed by atoms with E-state index in [0.29, 0.717) is 24.0 Å². The molecule has 5 rings (SSSR count). The van der Waals surface area contributed by atoms with Crippen molar-refractivity contribution in [3.8, 4) is 5.75 Å². The van der Waals surface area contributed by atoms with Gasteiger partial charge in [0.05, 0.1) is 17.5 Å². The van der Waals surface area contributed by atoms with Gasteiger partial charge < -0.3 is 15.0 Å². The Morgan fingerprint density at radius 1 is 0.973 bits per heavy atom. The second kappa shape index (κ2) is 10.5. The molecule has 0 spiro atoms. The summed E-state index contributed by atoms with van der Waals surface area (Å²) in [6.07, 6.45) is 5.42. The first-order valence-corrected chi connectivity index (χ1v) is 14.6. The molecular weight excluding hydrogens is 482 g/mol. The first-order valence-electron chi connectivity index (χ1n) is 13.1. The van der Waals surface area contributed by atoms with Crippen molar-refractivity contribution in [2.45, 2.75) is 44.0 Å². The fourth-order valence-corrected chi connectivity index (χ4v) is 6.64. The molecule has 0 radical (unpaired) electrons. The Hall–Kier alpha value is -3.45. The average Bonchev–Trinajstić information content (AvgIpc) is 3.41. The van der Waals surface area contributed by atoms with Gasteiger partial charge in [0.15, 0.2) is 0 Å². The van der Waals surface area contributed by atoms with E-state index in [1.807, 2.05) is 19.1 Å². The van der Waals surface area contributed by atoms with Gasteiger partial charge in [0.2, 0.25) is 0 Å². The van der Waals surface area contributed by atoms with Gasteiger partial charge in [0.1, 0.15) is 5.75 Å². The molecule has 3 atom stereocenters. The van der Waals surface area contributed by atoms with Crippen molar-refractivity contribution in [3.05, 3.63) is 90.0 Å². The van der Waals surface area contributed by atoms with Gasteiger partial charge in [-0.05, 0) is 98.8 Å². The van der Waals surface area contributed by atoms with Crippen molar-refractivity contribution < 1.29 is 13.2 Å². The van der Waals surface area contributed by atoms with E-state index in [9.17, 15) is 8.42 Å². The Labute approximate surface area is 220 Å². The van der Waals surface area contributed by atoms with Gasteiger partial charge in [-0.1, -0.05) is 24.3 Å². The first kappa shape index (κ1) is 25.2. The zero-order valence-corrected chi connectivity index (χ0v) is 22.5. The molecule has 1 heterocycles. The van der Waals surface area contributed by atoms with Crippen molar-refractivity contribution in [2.24, 2.45) is 5.92 Å². The largest absolute Gasteiger partial charge is 0.494 e. The van der Waals surface area contributed by atoms with Gasteiger partial charge in [-0.25, -0.2) is 8.42 Å². The Bertz CT molecular complexity index is 1360. The number of nitrogens with one attached hydrogen (secondary N) is 2. The zero-order chi connectivity index (χ0) is 26.0.